The van der Waals surface area contributed by atoms with E-state index in [0.29, 0.717) is 24.8 Å². The highest BCUT2D eigenvalue weighted by molar-refractivity contribution is 5.85. The number of carbonyl (C=O) groups excluding carboxylic acids is 1. The van der Waals surface area contributed by atoms with E-state index in [9.17, 15) is 4.79 Å². The molecule has 2 rings (SSSR count). The predicted octanol–water partition coefficient (Wildman–Crippen LogP) is 0.688. The maximum atomic E-state index is 11.7. The Morgan fingerprint density at radius 3 is 2.69 bits per heavy atom. The molecule has 2 aliphatic rings. The second kappa shape index (κ2) is 6.42. The molecule has 1 saturated heterocycles. The van der Waals surface area contributed by atoms with Gasteiger partial charge in [-0.15, -0.1) is 12.4 Å². The van der Waals surface area contributed by atoms with E-state index in [1.165, 1.54) is 12.8 Å². The van der Waals surface area contributed by atoms with Crippen molar-refractivity contribution in [3.05, 3.63) is 0 Å². The van der Waals surface area contributed by atoms with E-state index < -0.39 is 0 Å². The number of halogens is 1. The van der Waals surface area contributed by atoms with Crippen molar-refractivity contribution in [2.75, 3.05) is 19.8 Å². The van der Waals surface area contributed by atoms with Crippen molar-refractivity contribution < 1.29 is 9.53 Å². The lowest BCUT2D eigenvalue weighted by atomic mass is 10.0. The van der Waals surface area contributed by atoms with E-state index in [1.54, 1.807) is 0 Å². The quantitative estimate of drug-likeness (QED) is 0.753. The van der Waals surface area contributed by atoms with Crippen LogP contribution in [-0.4, -0.2) is 31.7 Å². The summed E-state index contributed by atoms with van der Waals surface area (Å²) in [7, 11) is 0. The summed E-state index contributed by atoms with van der Waals surface area (Å²) in [5, 5.41) is 3.04. The van der Waals surface area contributed by atoms with Gasteiger partial charge in [-0.2, -0.15) is 0 Å². The van der Waals surface area contributed by atoms with E-state index in [0.717, 1.165) is 19.6 Å². The molecule has 0 aromatic heterocycles. The van der Waals surface area contributed by atoms with Crippen molar-refractivity contribution in [1.29, 1.82) is 0 Å². The summed E-state index contributed by atoms with van der Waals surface area (Å²) in [5.74, 6) is 1.20. The molecule has 5 heteroatoms. The van der Waals surface area contributed by atoms with Crippen molar-refractivity contribution in [2.45, 2.75) is 31.7 Å². The van der Waals surface area contributed by atoms with Gasteiger partial charge in [-0.1, -0.05) is 0 Å². The first-order chi connectivity index (χ1) is 7.29. The van der Waals surface area contributed by atoms with Crippen LogP contribution >= 0.6 is 12.4 Å². The average molecular weight is 249 g/mol. The third-order valence-electron chi connectivity index (χ3n) is 3.29. The van der Waals surface area contributed by atoms with Crippen LogP contribution < -0.4 is 11.1 Å². The Morgan fingerprint density at radius 1 is 1.44 bits per heavy atom. The van der Waals surface area contributed by atoms with Crippen LogP contribution in [0, 0.1) is 11.8 Å². The number of ether oxygens (including phenoxy) is 1. The Morgan fingerprint density at radius 2 is 2.19 bits per heavy atom. The number of amides is 1. The van der Waals surface area contributed by atoms with Gasteiger partial charge in [-0.25, -0.2) is 0 Å². The summed E-state index contributed by atoms with van der Waals surface area (Å²) in [6.07, 6.45) is 4.05. The van der Waals surface area contributed by atoms with Crippen LogP contribution in [0.15, 0.2) is 0 Å². The van der Waals surface area contributed by atoms with Crippen molar-refractivity contribution in [2.24, 2.45) is 17.6 Å². The van der Waals surface area contributed by atoms with Gasteiger partial charge >= 0.3 is 0 Å². The van der Waals surface area contributed by atoms with Gasteiger partial charge in [0.15, 0.2) is 0 Å². The topological polar surface area (TPSA) is 64.3 Å². The molecule has 1 aliphatic carbocycles. The van der Waals surface area contributed by atoms with Crippen LogP contribution in [0.25, 0.3) is 0 Å². The Kier molecular flexibility index (Phi) is 5.52. The Labute approximate surface area is 103 Å². The molecule has 0 spiro atoms. The van der Waals surface area contributed by atoms with Crippen molar-refractivity contribution >= 4 is 18.3 Å². The van der Waals surface area contributed by atoms with E-state index >= 15 is 0 Å². The molecule has 0 bridgehead atoms. The van der Waals surface area contributed by atoms with Crippen LogP contribution in [0.4, 0.5) is 0 Å². The van der Waals surface area contributed by atoms with Gasteiger partial charge in [0, 0.05) is 32.2 Å². The summed E-state index contributed by atoms with van der Waals surface area (Å²) in [6.45, 7) is 2.11. The zero-order chi connectivity index (χ0) is 10.7. The van der Waals surface area contributed by atoms with Crippen molar-refractivity contribution in [1.82, 2.24) is 5.32 Å². The van der Waals surface area contributed by atoms with Crippen LogP contribution in [0.3, 0.4) is 0 Å². The Hall–Kier alpha value is -0.320. The molecular formula is C11H21ClN2O2. The van der Waals surface area contributed by atoms with Gasteiger partial charge < -0.3 is 15.8 Å². The molecule has 2 fully saturated rings. The molecule has 0 radical (unpaired) electrons. The van der Waals surface area contributed by atoms with Gasteiger partial charge in [0.05, 0.1) is 0 Å². The van der Waals surface area contributed by atoms with E-state index in [1.807, 2.05) is 0 Å². The summed E-state index contributed by atoms with van der Waals surface area (Å²) in [4.78, 5) is 11.7. The molecule has 1 amide bonds. The molecule has 0 aromatic rings. The van der Waals surface area contributed by atoms with E-state index in [2.05, 4.69) is 5.32 Å². The number of hydrogen-bond donors (Lipinski definition) is 2. The first-order valence-electron chi connectivity index (χ1n) is 5.86. The number of rotatable bonds is 5. The third-order valence-corrected chi connectivity index (χ3v) is 3.29. The summed E-state index contributed by atoms with van der Waals surface area (Å²) < 4.78 is 5.24. The molecule has 16 heavy (non-hydrogen) atoms. The number of hydrogen-bond acceptors (Lipinski definition) is 3. The van der Waals surface area contributed by atoms with Gasteiger partial charge in [-0.3, -0.25) is 4.79 Å². The molecule has 1 heterocycles. The van der Waals surface area contributed by atoms with Crippen LogP contribution in [-0.2, 0) is 9.53 Å². The minimum absolute atomic E-state index is 0. The smallest absolute Gasteiger partial charge is 0.220 e. The number of nitrogens with two attached hydrogens (primary N) is 1. The summed E-state index contributed by atoms with van der Waals surface area (Å²) >= 11 is 0. The van der Waals surface area contributed by atoms with Gasteiger partial charge in [-0.05, 0) is 31.1 Å². The molecule has 3 N–H and O–H groups in total. The van der Waals surface area contributed by atoms with E-state index in [4.69, 9.17) is 10.5 Å². The summed E-state index contributed by atoms with van der Waals surface area (Å²) in [6, 6.07) is 0.208. The average Bonchev–Trinajstić information content (AvgIpc) is 2.95. The Bertz CT molecular complexity index is 228. The maximum Gasteiger partial charge on any atom is 0.220 e. The predicted molar refractivity (Wildman–Crippen MR) is 64.5 cm³/mol. The van der Waals surface area contributed by atoms with E-state index in [-0.39, 0.29) is 24.4 Å². The highest BCUT2D eigenvalue weighted by atomic mass is 35.5. The van der Waals surface area contributed by atoms with Crippen molar-refractivity contribution in [3.63, 3.8) is 0 Å². The van der Waals surface area contributed by atoms with Gasteiger partial charge in [0.2, 0.25) is 5.91 Å². The SMILES string of the molecule is Cl.NCC(NC(=O)CC1CCOC1)C1CC1. The minimum Gasteiger partial charge on any atom is -0.381 e. The largest absolute Gasteiger partial charge is 0.381 e. The lowest BCUT2D eigenvalue weighted by Gasteiger charge is -2.17. The van der Waals surface area contributed by atoms with Gasteiger partial charge in [0.25, 0.3) is 0 Å². The highest BCUT2D eigenvalue weighted by Crippen LogP contribution is 2.32. The normalized spacial score (nSPS) is 25.9. The Balaban J connectivity index is 0.00000128. The maximum absolute atomic E-state index is 11.7. The third kappa shape index (κ3) is 3.92. The zero-order valence-electron chi connectivity index (χ0n) is 9.48. The lowest BCUT2D eigenvalue weighted by Crippen LogP contribution is -2.42. The standard InChI is InChI=1S/C11H20N2O2.ClH/c12-6-10(9-1-2-9)13-11(14)5-8-3-4-15-7-8;/h8-10H,1-7,12H2,(H,13,14);1H. The molecule has 1 aliphatic heterocycles. The molecular weight excluding hydrogens is 228 g/mol. The zero-order valence-corrected chi connectivity index (χ0v) is 10.3. The molecule has 0 aromatic carbocycles. The first-order valence-corrected chi connectivity index (χ1v) is 5.86. The number of nitrogens with one attached hydrogen (secondary N) is 1. The second-order valence-corrected chi connectivity index (χ2v) is 4.68. The van der Waals surface area contributed by atoms with Crippen LogP contribution in [0.1, 0.15) is 25.7 Å². The highest BCUT2D eigenvalue weighted by Gasteiger charge is 2.31. The molecule has 1 saturated carbocycles. The monoisotopic (exact) mass is 248 g/mol. The fraction of sp³-hybridized carbons (Fsp3) is 0.909. The van der Waals surface area contributed by atoms with Crippen LogP contribution in [0.5, 0.6) is 0 Å². The van der Waals surface area contributed by atoms with Crippen molar-refractivity contribution in [3.8, 4) is 0 Å². The molecule has 2 atom stereocenters. The van der Waals surface area contributed by atoms with Gasteiger partial charge in [0.1, 0.15) is 0 Å². The molecule has 94 valence electrons. The minimum atomic E-state index is 0. The molecule has 2 unspecified atom stereocenters. The lowest BCUT2D eigenvalue weighted by molar-refractivity contribution is -0.122. The second-order valence-electron chi connectivity index (χ2n) is 4.68. The van der Waals surface area contributed by atoms with Crippen LogP contribution in [0.2, 0.25) is 0 Å². The number of carbonyl (C=O) groups is 1. The first kappa shape index (κ1) is 13.7. The molecule has 4 nitrogen and oxygen atoms in total. The summed E-state index contributed by atoms with van der Waals surface area (Å²) in [5.41, 5.74) is 5.63. The fourth-order valence-electron chi connectivity index (χ4n) is 2.14. The fourth-order valence-corrected chi connectivity index (χ4v) is 2.14.